The summed E-state index contributed by atoms with van der Waals surface area (Å²) in [7, 11) is 0. The second kappa shape index (κ2) is 6.84. The molecule has 2 fully saturated rings. The van der Waals surface area contributed by atoms with Crippen LogP contribution in [0.3, 0.4) is 0 Å². The van der Waals surface area contributed by atoms with Gasteiger partial charge in [0.05, 0.1) is 18.8 Å². The van der Waals surface area contributed by atoms with Crippen molar-refractivity contribution in [2.75, 3.05) is 19.7 Å². The molecule has 0 unspecified atom stereocenters. The third-order valence-corrected chi connectivity index (χ3v) is 4.77. The number of aromatic nitrogens is 4. The van der Waals surface area contributed by atoms with Gasteiger partial charge < -0.3 is 9.15 Å². The van der Waals surface area contributed by atoms with Crippen molar-refractivity contribution in [3.8, 4) is 5.88 Å². The molecule has 7 heteroatoms. The monoisotopic (exact) mass is 329 g/mol. The predicted molar refractivity (Wildman–Crippen MR) is 86.5 cm³/mol. The molecule has 2 aromatic rings. The molecular weight excluding hydrogens is 306 g/mol. The Hall–Kier alpha value is -2.02. The summed E-state index contributed by atoms with van der Waals surface area (Å²) < 4.78 is 11.6. The van der Waals surface area contributed by atoms with Gasteiger partial charge in [0, 0.05) is 18.3 Å². The van der Waals surface area contributed by atoms with Gasteiger partial charge in [-0.2, -0.15) is 0 Å². The topological polar surface area (TPSA) is 77.2 Å². The zero-order valence-electron chi connectivity index (χ0n) is 14.0. The lowest BCUT2D eigenvalue weighted by Crippen LogP contribution is -2.35. The zero-order valence-corrected chi connectivity index (χ0v) is 14.0. The fraction of sp³-hybridized carbons (Fsp3) is 0.647. The van der Waals surface area contributed by atoms with Crippen LogP contribution in [0.2, 0.25) is 0 Å². The zero-order chi connectivity index (χ0) is 16.4. The standard InChI is InChI=1S/C17H23N5O2/c1-12-16(19-7-6-18-12)23-11-13-4-8-22(9-5-13)10-15-20-21-17(24-15)14-2-3-14/h6-7,13-14H,2-5,8-11H2,1H3. The molecule has 0 bridgehead atoms. The summed E-state index contributed by atoms with van der Waals surface area (Å²) in [6, 6.07) is 0. The Morgan fingerprint density at radius 2 is 1.92 bits per heavy atom. The second-order valence-corrected chi connectivity index (χ2v) is 6.79. The molecule has 0 N–H and O–H groups in total. The van der Waals surface area contributed by atoms with Crippen molar-refractivity contribution >= 4 is 0 Å². The van der Waals surface area contributed by atoms with E-state index >= 15 is 0 Å². The van der Waals surface area contributed by atoms with Crippen molar-refractivity contribution < 1.29 is 9.15 Å². The molecule has 4 rings (SSSR count). The number of likely N-dealkylation sites (tertiary alicyclic amines) is 1. The minimum atomic E-state index is 0.527. The summed E-state index contributed by atoms with van der Waals surface area (Å²) in [5, 5.41) is 8.33. The molecule has 128 valence electrons. The van der Waals surface area contributed by atoms with Crippen molar-refractivity contribution in [1.29, 1.82) is 0 Å². The maximum absolute atomic E-state index is 5.83. The molecule has 0 atom stereocenters. The van der Waals surface area contributed by atoms with E-state index in [1.54, 1.807) is 12.4 Å². The fourth-order valence-electron chi connectivity index (χ4n) is 3.06. The molecule has 3 heterocycles. The van der Waals surface area contributed by atoms with Crippen LogP contribution in [0.5, 0.6) is 5.88 Å². The number of rotatable bonds is 6. The number of hydrogen-bond donors (Lipinski definition) is 0. The molecule has 0 radical (unpaired) electrons. The van der Waals surface area contributed by atoms with Gasteiger partial charge in [0.15, 0.2) is 0 Å². The molecule has 1 aliphatic carbocycles. The highest BCUT2D eigenvalue weighted by Gasteiger charge is 2.30. The van der Waals surface area contributed by atoms with Crippen LogP contribution in [0.25, 0.3) is 0 Å². The van der Waals surface area contributed by atoms with E-state index in [2.05, 4.69) is 25.1 Å². The maximum atomic E-state index is 5.83. The van der Waals surface area contributed by atoms with Gasteiger partial charge in [-0.05, 0) is 51.6 Å². The SMILES string of the molecule is Cc1nccnc1OCC1CCN(Cc2nnc(C3CC3)o2)CC1. The van der Waals surface area contributed by atoms with Crippen molar-refractivity contribution in [1.82, 2.24) is 25.1 Å². The first-order valence-corrected chi connectivity index (χ1v) is 8.73. The number of piperidine rings is 1. The van der Waals surface area contributed by atoms with Gasteiger partial charge in [-0.15, -0.1) is 10.2 Å². The smallest absolute Gasteiger partial charge is 0.235 e. The number of ether oxygens (including phenoxy) is 1. The third-order valence-electron chi connectivity index (χ3n) is 4.77. The average molecular weight is 329 g/mol. The molecule has 0 spiro atoms. The van der Waals surface area contributed by atoms with Crippen LogP contribution < -0.4 is 4.74 Å². The molecular formula is C17H23N5O2. The highest BCUT2D eigenvalue weighted by molar-refractivity contribution is 5.14. The van der Waals surface area contributed by atoms with Crippen LogP contribution in [0, 0.1) is 12.8 Å². The summed E-state index contributed by atoms with van der Waals surface area (Å²) in [5.74, 6) is 3.32. The minimum absolute atomic E-state index is 0.527. The van der Waals surface area contributed by atoms with Crippen LogP contribution >= 0.6 is 0 Å². The maximum Gasteiger partial charge on any atom is 0.235 e. The molecule has 0 amide bonds. The summed E-state index contributed by atoms with van der Waals surface area (Å²) in [5.41, 5.74) is 0.845. The van der Waals surface area contributed by atoms with Crippen molar-refractivity contribution in [3.05, 3.63) is 29.9 Å². The van der Waals surface area contributed by atoms with Crippen molar-refractivity contribution in [2.24, 2.45) is 5.92 Å². The Bertz CT molecular complexity index is 677. The quantitative estimate of drug-likeness (QED) is 0.805. The first kappa shape index (κ1) is 15.5. The van der Waals surface area contributed by atoms with E-state index in [0.29, 0.717) is 24.3 Å². The normalized spacial score (nSPS) is 19.5. The summed E-state index contributed by atoms with van der Waals surface area (Å²) in [6.45, 7) is 5.46. The second-order valence-electron chi connectivity index (χ2n) is 6.79. The first-order valence-electron chi connectivity index (χ1n) is 8.73. The van der Waals surface area contributed by atoms with Crippen molar-refractivity contribution in [2.45, 2.75) is 45.1 Å². The van der Waals surface area contributed by atoms with E-state index in [4.69, 9.17) is 9.15 Å². The van der Waals surface area contributed by atoms with Crippen LogP contribution in [0.15, 0.2) is 16.8 Å². The lowest BCUT2D eigenvalue weighted by Gasteiger charge is -2.30. The molecule has 1 saturated carbocycles. The first-order chi connectivity index (χ1) is 11.8. The van der Waals surface area contributed by atoms with Gasteiger partial charge in [0.1, 0.15) is 0 Å². The van der Waals surface area contributed by atoms with E-state index in [1.165, 1.54) is 12.8 Å². The fourth-order valence-corrected chi connectivity index (χ4v) is 3.06. The van der Waals surface area contributed by atoms with E-state index in [0.717, 1.165) is 50.0 Å². The van der Waals surface area contributed by atoms with Gasteiger partial charge >= 0.3 is 0 Å². The highest BCUT2D eigenvalue weighted by atomic mass is 16.5. The van der Waals surface area contributed by atoms with Gasteiger partial charge in [0.25, 0.3) is 0 Å². The summed E-state index contributed by atoms with van der Waals surface area (Å²) in [4.78, 5) is 10.8. The number of aryl methyl sites for hydroxylation is 1. The molecule has 1 saturated heterocycles. The molecule has 2 aromatic heterocycles. The molecule has 2 aliphatic rings. The third kappa shape index (κ3) is 3.72. The average Bonchev–Trinajstić information content (AvgIpc) is 3.35. The van der Waals surface area contributed by atoms with Crippen LogP contribution in [-0.2, 0) is 6.54 Å². The Morgan fingerprint density at radius 3 is 2.67 bits per heavy atom. The van der Waals surface area contributed by atoms with Gasteiger partial charge in [-0.3, -0.25) is 9.88 Å². The Balaban J connectivity index is 1.22. The minimum Gasteiger partial charge on any atom is -0.476 e. The molecule has 1 aliphatic heterocycles. The van der Waals surface area contributed by atoms with E-state index in [1.807, 2.05) is 6.92 Å². The van der Waals surface area contributed by atoms with Gasteiger partial charge in [-0.1, -0.05) is 0 Å². The van der Waals surface area contributed by atoms with Crippen LogP contribution in [0.4, 0.5) is 0 Å². The Labute approximate surface area is 141 Å². The Morgan fingerprint density at radius 1 is 1.12 bits per heavy atom. The van der Waals surface area contributed by atoms with Crippen molar-refractivity contribution in [3.63, 3.8) is 0 Å². The van der Waals surface area contributed by atoms with E-state index in [-0.39, 0.29) is 0 Å². The van der Waals surface area contributed by atoms with E-state index < -0.39 is 0 Å². The van der Waals surface area contributed by atoms with Crippen LogP contribution in [-0.4, -0.2) is 44.8 Å². The van der Waals surface area contributed by atoms with Gasteiger partial charge in [0.2, 0.25) is 17.7 Å². The predicted octanol–water partition coefficient (Wildman–Crippen LogP) is 2.34. The van der Waals surface area contributed by atoms with Crippen LogP contribution in [0.1, 0.15) is 49.1 Å². The number of hydrogen-bond acceptors (Lipinski definition) is 7. The number of nitrogens with zero attached hydrogens (tertiary/aromatic N) is 5. The molecule has 0 aromatic carbocycles. The molecule has 24 heavy (non-hydrogen) atoms. The lowest BCUT2D eigenvalue weighted by molar-refractivity contribution is 0.126. The lowest BCUT2D eigenvalue weighted by atomic mass is 9.98. The summed E-state index contributed by atoms with van der Waals surface area (Å²) in [6.07, 6.45) is 7.97. The Kier molecular flexibility index (Phi) is 4.42. The molecule has 7 nitrogen and oxygen atoms in total. The highest BCUT2D eigenvalue weighted by Crippen LogP contribution is 2.39. The summed E-state index contributed by atoms with van der Waals surface area (Å²) >= 11 is 0. The van der Waals surface area contributed by atoms with E-state index in [9.17, 15) is 0 Å². The largest absolute Gasteiger partial charge is 0.476 e. The van der Waals surface area contributed by atoms with Gasteiger partial charge in [-0.25, -0.2) is 4.98 Å².